The van der Waals surface area contributed by atoms with Gasteiger partial charge in [0.1, 0.15) is 12.2 Å². The Morgan fingerprint density at radius 2 is 1.28 bits per heavy atom. The first-order valence-electron chi connectivity index (χ1n) is 18.6. The van der Waals surface area contributed by atoms with Crippen molar-refractivity contribution in [3.63, 3.8) is 0 Å². The van der Waals surface area contributed by atoms with E-state index in [9.17, 15) is 9.59 Å². The molecule has 0 unspecified atom stereocenters. The van der Waals surface area contributed by atoms with Crippen molar-refractivity contribution in [3.8, 4) is 11.8 Å². The molecule has 0 spiro atoms. The summed E-state index contributed by atoms with van der Waals surface area (Å²) in [5.41, 5.74) is 1.48. The maximum Gasteiger partial charge on any atom is 0.295 e. The van der Waals surface area contributed by atoms with Crippen LogP contribution in [0.4, 0.5) is 0 Å². The van der Waals surface area contributed by atoms with Crippen LogP contribution in [0, 0.1) is 0 Å². The number of amides is 2. The Labute approximate surface area is 291 Å². The van der Waals surface area contributed by atoms with E-state index in [0.29, 0.717) is 46.7 Å². The van der Waals surface area contributed by atoms with E-state index in [1.165, 1.54) is 6.42 Å². The molecule has 14 heteroatoms. The average molecular weight is 685 g/mol. The molecule has 4 aliphatic rings. The molecule has 6 heterocycles. The van der Waals surface area contributed by atoms with Gasteiger partial charge in [0.25, 0.3) is 11.8 Å². The molecule has 50 heavy (non-hydrogen) atoms. The molecular weight excluding hydrogens is 636 g/mol. The number of fused-ring (bicyclic) bond motifs is 2. The fraction of sp³-hybridized carbons (Fsp3) is 0.611. The number of pyridine rings is 2. The van der Waals surface area contributed by atoms with Crippen molar-refractivity contribution in [2.45, 2.75) is 108 Å². The second kappa shape index (κ2) is 14.5. The van der Waals surface area contributed by atoms with E-state index in [1.807, 2.05) is 24.3 Å². The van der Waals surface area contributed by atoms with E-state index in [2.05, 4.69) is 16.0 Å². The average Bonchev–Trinajstić information content (AvgIpc) is 3.88. The number of ether oxygens (including phenoxy) is 2. The van der Waals surface area contributed by atoms with Gasteiger partial charge in [0.05, 0.1) is 16.8 Å². The van der Waals surface area contributed by atoms with Crippen molar-refractivity contribution >= 4 is 33.9 Å². The number of nitrogens with zero attached hydrogens (tertiary/aromatic N) is 7. The Balaban J connectivity index is 1.19. The van der Waals surface area contributed by atoms with Crippen LogP contribution < -0.4 is 30.4 Å². The third kappa shape index (κ3) is 6.74. The Kier molecular flexibility index (Phi) is 9.54. The molecule has 4 fully saturated rings. The number of nitrogens with one attached hydrogen (secondary N) is 3. The monoisotopic (exact) mass is 684 g/mol. The topological polar surface area (TPSA) is 153 Å². The third-order valence-electron chi connectivity index (χ3n) is 10.7. The Morgan fingerprint density at radius 1 is 0.720 bits per heavy atom. The standard InChI is InChI=1S/C36H48N10O4/c1-44-33-28(12-14-29(40-33)49-25-7-3-2-4-8-25)32(42-44)36(48)45(24-17-21-38-22-18-24)46-34-27(11-13-30(41-34)50-26-9-5-6-10-26)31(43-46)35(47)39-23-15-19-37-20-16-23/h11-14,23-26,37-38H,2-10,15-22H2,1H3,(H,39,47). The number of hydrogen-bond donors (Lipinski definition) is 3. The summed E-state index contributed by atoms with van der Waals surface area (Å²) in [5.74, 6) is 0.404. The molecule has 266 valence electrons. The van der Waals surface area contributed by atoms with E-state index in [4.69, 9.17) is 29.6 Å². The molecule has 0 bridgehead atoms. The summed E-state index contributed by atoms with van der Waals surface area (Å²) in [5, 5.41) is 22.4. The lowest BCUT2D eigenvalue weighted by atomic mass is 9.98. The van der Waals surface area contributed by atoms with Crippen LogP contribution in [0.3, 0.4) is 0 Å². The molecule has 2 saturated heterocycles. The van der Waals surface area contributed by atoms with Gasteiger partial charge in [0.15, 0.2) is 22.7 Å². The second-order valence-corrected chi connectivity index (χ2v) is 14.3. The highest BCUT2D eigenvalue weighted by Crippen LogP contribution is 2.30. The fourth-order valence-corrected chi connectivity index (χ4v) is 8.00. The van der Waals surface area contributed by atoms with Gasteiger partial charge >= 0.3 is 0 Å². The van der Waals surface area contributed by atoms with Gasteiger partial charge < -0.3 is 25.4 Å². The predicted octanol–water partition coefficient (Wildman–Crippen LogP) is 3.76. The molecule has 2 saturated carbocycles. The van der Waals surface area contributed by atoms with Crippen LogP contribution in [0.25, 0.3) is 22.1 Å². The van der Waals surface area contributed by atoms with Crippen molar-refractivity contribution in [2.75, 3.05) is 31.2 Å². The summed E-state index contributed by atoms with van der Waals surface area (Å²) >= 11 is 0. The van der Waals surface area contributed by atoms with Crippen molar-refractivity contribution in [3.05, 3.63) is 35.7 Å². The van der Waals surface area contributed by atoms with E-state index < -0.39 is 0 Å². The van der Waals surface area contributed by atoms with Crippen LogP contribution in [0.2, 0.25) is 0 Å². The first-order chi connectivity index (χ1) is 24.5. The Hall–Kier alpha value is -4.30. The molecule has 0 aromatic carbocycles. The highest BCUT2D eigenvalue weighted by atomic mass is 16.5. The Bertz CT molecular complexity index is 1830. The van der Waals surface area contributed by atoms with Crippen molar-refractivity contribution in [1.82, 2.24) is 45.6 Å². The van der Waals surface area contributed by atoms with Gasteiger partial charge in [0.2, 0.25) is 11.8 Å². The van der Waals surface area contributed by atoms with Gasteiger partial charge in [-0.1, -0.05) is 6.42 Å². The third-order valence-corrected chi connectivity index (χ3v) is 10.7. The molecule has 8 rings (SSSR count). The largest absolute Gasteiger partial charge is 0.474 e. The summed E-state index contributed by atoms with van der Waals surface area (Å²) in [6.45, 7) is 3.18. The number of carbonyl (C=O) groups is 2. The SMILES string of the molecule is Cn1nc(C(=O)N(C2CCNCC2)n2nc(C(=O)NC3CCNCC3)c3ccc(OC4CCCC4)nc32)c2ccc(OC3CCCCC3)nc21. The summed E-state index contributed by atoms with van der Waals surface area (Å²) < 4.78 is 14.2. The first-order valence-corrected chi connectivity index (χ1v) is 18.6. The number of rotatable bonds is 9. The lowest BCUT2D eigenvalue weighted by molar-refractivity contribution is 0.0905. The van der Waals surface area contributed by atoms with Crippen molar-refractivity contribution < 1.29 is 19.1 Å². The minimum Gasteiger partial charge on any atom is -0.474 e. The molecule has 2 amide bonds. The molecule has 14 nitrogen and oxygen atoms in total. The smallest absolute Gasteiger partial charge is 0.295 e. The van der Waals surface area contributed by atoms with E-state index in [1.54, 1.807) is 21.5 Å². The zero-order valence-electron chi connectivity index (χ0n) is 28.9. The quantitative estimate of drug-likeness (QED) is 0.238. The zero-order chi connectivity index (χ0) is 34.0. The van der Waals surface area contributed by atoms with Crippen LogP contribution in [0.15, 0.2) is 24.3 Å². The predicted molar refractivity (Wildman–Crippen MR) is 188 cm³/mol. The number of carbonyl (C=O) groups excluding carboxylic acids is 2. The maximum atomic E-state index is 14.9. The van der Waals surface area contributed by atoms with Crippen molar-refractivity contribution in [1.29, 1.82) is 0 Å². The van der Waals surface area contributed by atoms with Crippen LogP contribution in [-0.4, -0.2) is 91.9 Å². The summed E-state index contributed by atoms with van der Waals surface area (Å²) in [6, 6.07) is 7.22. The number of hydrogen-bond acceptors (Lipinski definition) is 10. The lowest BCUT2D eigenvalue weighted by Crippen LogP contribution is -2.53. The van der Waals surface area contributed by atoms with Crippen LogP contribution in [0.5, 0.6) is 11.8 Å². The summed E-state index contributed by atoms with van der Waals surface area (Å²) in [4.78, 5) is 40.1. The molecule has 0 atom stereocenters. The number of piperidine rings is 2. The highest BCUT2D eigenvalue weighted by Gasteiger charge is 2.35. The van der Waals surface area contributed by atoms with Gasteiger partial charge in [-0.25, -0.2) is 9.69 Å². The van der Waals surface area contributed by atoms with Gasteiger partial charge in [-0.15, -0.1) is 9.89 Å². The first kappa shape index (κ1) is 32.9. The molecule has 4 aromatic heterocycles. The molecular formula is C36H48N10O4. The molecule has 4 aromatic rings. The fourth-order valence-electron chi connectivity index (χ4n) is 8.00. The normalized spacial score (nSPS) is 20.0. The highest BCUT2D eigenvalue weighted by molar-refractivity contribution is 6.10. The van der Waals surface area contributed by atoms with Crippen LogP contribution in [-0.2, 0) is 7.05 Å². The van der Waals surface area contributed by atoms with Gasteiger partial charge in [-0.3, -0.25) is 9.59 Å². The van der Waals surface area contributed by atoms with Gasteiger partial charge in [-0.05, 0) is 115 Å². The zero-order valence-corrected chi connectivity index (χ0v) is 28.9. The van der Waals surface area contributed by atoms with E-state index in [0.717, 1.165) is 90.4 Å². The van der Waals surface area contributed by atoms with Crippen LogP contribution in [0.1, 0.15) is 104 Å². The summed E-state index contributed by atoms with van der Waals surface area (Å²) in [6.07, 6.45) is 13.2. The van der Waals surface area contributed by atoms with E-state index in [-0.39, 0.29) is 47.5 Å². The molecule has 3 N–H and O–H groups in total. The minimum absolute atomic E-state index is 0.0448. The number of aryl methyl sites for hydroxylation is 1. The maximum absolute atomic E-state index is 14.9. The van der Waals surface area contributed by atoms with Gasteiger partial charge in [0, 0.05) is 25.2 Å². The van der Waals surface area contributed by atoms with Crippen LogP contribution >= 0.6 is 0 Å². The van der Waals surface area contributed by atoms with Crippen molar-refractivity contribution in [2.24, 2.45) is 7.05 Å². The molecule has 2 aliphatic carbocycles. The molecule has 2 aliphatic heterocycles. The number of aromatic nitrogens is 6. The second-order valence-electron chi connectivity index (χ2n) is 14.3. The summed E-state index contributed by atoms with van der Waals surface area (Å²) in [7, 11) is 1.80. The minimum atomic E-state index is -0.330. The van der Waals surface area contributed by atoms with Gasteiger partial charge in [-0.2, -0.15) is 15.1 Å². The molecule has 0 radical (unpaired) electrons. The Morgan fingerprint density at radius 3 is 1.92 bits per heavy atom. The van der Waals surface area contributed by atoms with E-state index >= 15 is 0 Å². The lowest BCUT2D eigenvalue weighted by Gasteiger charge is -2.33.